The fraction of sp³-hybridized carbons (Fsp3) is 0.900. The van der Waals surface area contributed by atoms with Crippen LogP contribution in [0.1, 0.15) is 84.0 Å². The molecule has 5 unspecified atom stereocenters. The average Bonchev–Trinajstić information content (AvgIpc) is 2.79. The number of carbonyl (C=O) groups is 2. The van der Waals surface area contributed by atoms with Crippen LogP contribution in [-0.2, 0) is 9.59 Å². The first-order valence-electron chi connectivity index (χ1n) is 9.82. The summed E-state index contributed by atoms with van der Waals surface area (Å²) in [6.45, 7) is 2.27. The summed E-state index contributed by atoms with van der Waals surface area (Å²) >= 11 is 0. The van der Waals surface area contributed by atoms with E-state index in [2.05, 4.69) is 6.92 Å². The number of hydrogen-bond donors (Lipinski definition) is 0. The molecule has 22 heavy (non-hydrogen) atoms. The largest absolute Gasteiger partial charge is 0.291 e. The first-order chi connectivity index (χ1) is 10.7. The molecule has 0 bridgehead atoms. The molecule has 0 amide bonds. The molecule has 5 atom stereocenters. The molecule has 0 saturated heterocycles. The van der Waals surface area contributed by atoms with Crippen molar-refractivity contribution >= 4 is 11.6 Å². The second-order valence-corrected chi connectivity index (χ2v) is 8.01. The highest BCUT2D eigenvalue weighted by atomic mass is 16.2. The third-order valence-electron chi connectivity index (χ3n) is 6.78. The molecule has 0 radical (unpaired) electrons. The van der Waals surface area contributed by atoms with Gasteiger partial charge in [0.25, 0.3) is 0 Å². The number of ketones is 2. The Labute approximate surface area is 135 Å². The van der Waals surface area contributed by atoms with Crippen LogP contribution in [0.5, 0.6) is 0 Å². The fourth-order valence-corrected chi connectivity index (χ4v) is 5.71. The van der Waals surface area contributed by atoms with E-state index in [1.807, 2.05) is 0 Å². The smallest absolute Gasteiger partial charge is 0.202 e. The van der Waals surface area contributed by atoms with Crippen molar-refractivity contribution in [3.8, 4) is 0 Å². The fourth-order valence-electron chi connectivity index (χ4n) is 5.71. The van der Waals surface area contributed by atoms with E-state index in [0.717, 1.165) is 18.8 Å². The highest BCUT2D eigenvalue weighted by Crippen LogP contribution is 2.54. The van der Waals surface area contributed by atoms with Gasteiger partial charge in [0.2, 0.25) is 11.6 Å². The first-order valence-corrected chi connectivity index (χ1v) is 9.82. The molecule has 124 valence electrons. The van der Waals surface area contributed by atoms with E-state index < -0.39 is 0 Å². The van der Waals surface area contributed by atoms with Gasteiger partial charge in [0.1, 0.15) is 0 Å². The minimum Gasteiger partial charge on any atom is -0.291 e. The van der Waals surface area contributed by atoms with Crippen LogP contribution >= 0.6 is 0 Å². The van der Waals surface area contributed by atoms with Crippen LogP contribution < -0.4 is 0 Å². The topological polar surface area (TPSA) is 34.1 Å². The molecule has 3 aliphatic rings. The summed E-state index contributed by atoms with van der Waals surface area (Å²) in [6.07, 6.45) is 15.2. The van der Waals surface area contributed by atoms with Gasteiger partial charge in [0.15, 0.2) is 0 Å². The number of hydrogen-bond acceptors (Lipinski definition) is 2. The lowest BCUT2D eigenvalue weighted by atomic mass is 9.59. The molecule has 2 nitrogen and oxygen atoms in total. The standard InChI is InChI=1S/C20H32O2/c1-2-3-4-5-6-7-9-14-12-13-17-18-15(14)10-8-11-16(18)19(21)20(17)22/h14-18H,2-13H2,1H3. The predicted octanol–water partition coefficient (Wildman–Crippen LogP) is 4.95. The lowest BCUT2D eigenvalue weighted by Gasteiger charge is -2.44. The van der Waals surface area contributed by atoms with E-state index >= 15 is 0 Å². The van der Waals surface area contributed by atoms with Crippen LogP contribution in [0, 0.1) is 29.6 Å². The van der Waals surface area contributed by atoms with Gasteiger partial charge in [-0.25, -0.2) is 0 Å². The van der Waals surface area contributed by atoms with Gasteiger partial charge in [-0.15, -0.1) is 0 Å². The molecule has 2 heteroatoms. The van der Waals surface area contributed by atoms with E-state index in [-0.39, 0.29) is 23.4 Å². The Kier molecular flexibility index (Phi) is 5.36. The summed E-state index contributed by atoms with van der Waals surface area (Å²) in [5.41, 5.74) is 0. The highest BCUT2D eigenvalue weighted by molar-refractivity contribution is 6.41. The van der Waals surface area contributed by atoms with Crippen LogP contribution in [0.2, 0.25) is 0 Å². The van der Waals surface area contributed by atoms with E-state index in [1.54, 1.807) is 0 Å². The predicted molar refractivity (Wildman–Crippen MR) is 88.5 cm³/mol. The summed E-state index contributed by atoms with van der Waals surface area (Å²) in [4.78, 5) is 24.4. The third kappa shape index (κ3) is 3.03. The van der Waals surface area contributed by atoms with Crippen LogP contribution in [0.4, 0.5) is 0 Å². The molecule has 3 rings (SSSR count). The van der Waals surface area contributed by atoms with E-state index in [4.69, 9.17) is 0 Å². The van der Waals surface area contributed by atoms with Gasteiger partial charge in [-0.05, 0) is 43.4 Å². The summed E-state index contributed by atoms with van der Waals surface area (Å²) < 4.78 is 0. The van der Waals surface area contributed by atoms with Crippen LogP contribution in [0.25, 0.3) is 0 Å². The molecule has 0 heterocycles. The van der Waals surface area contributed by atoms with Crippen molar-refractivity contribution in [1.82, 2.24) is 0 Å². The number of unbranched alkanes of at least 4 members (excludes halogenated alkanes) is 5. The molecule has 3 fully saturated rings. The molecule has 3 saturated carbocycles. The van der Waals surface area contributed by atoms with Crippen molar-refractivity contribution in [1.29, 1.82) is 0 Å². The molecule has 0 aromatic rings. The van der Waals surface area contributed by atoms with Gasteiger partial charge in [-0.3, -0.25) is 9.59 Å². The van der Waals surface area contributed by atoms with Crippen molar-refractivity contribution in [2.45, 2.75) is 84.0 Å². The molecule has 3 aliphatic carbocycles. The third-order valence-corrected chi connectivity index (χ3v) is 6.78. The summed E-state index contributed by atoms with van der Waals surface area (Å²) in [6, 6.07) is 0. The van der Waals surface area contributed by atoms with Crippen molar-refractivity contribution in [3.63, 3.8) is 0 Å². The van der Waals surface area contributed by atoms with Gasteiger partial charge in [0.05, 0.1) is 0 Å². The van der Waals surface area contributed by atoms with Gasteiger partial charge in [0, 0.05) is 11.8 Å². The summed E-state index contributed by atoms with van der Waals surface area (Å²) in [5.74, 6) is 2.15. The molecule has 0 N–H and O–H groups in total. The van der Waals surface area contributed by atoms with Crippen LogP contribution in [0.3, 0.4) is 0 Å². The normalized spacial score (nSPS) is 37.4. The van der Waals surface area contributed by atoms with Crippen LogP contribution in [0.15, 0.2) is 0 Å². The Morgan fingerprint density at radius 1 is 0.818 bits per heavy atom. The minimum absolute atomic E-state index is 0.0000781. The van der Waals surface area contributed by atoms with Gasteiger partial charge in [-0.2, -0.15) is 0 Å². The molecule has 0 aromatic heterocycles. The lowest BCUT2D eigenvalue weighted by molar-refractivity contribution is -0.137. The Hall–Kier alpha value is -0.660. The number of carbonyl (C=O) groups excluding carboxylic acids is 2. The van der Waals surface area contributed by atoms with Crippen molar-refractivity contribution < 1.29 is 9.59 Å². The van der Waals surface area contributed by atoms with Gasteiger partial charge >= 0.3 is 0 Å². The zero-order valence-electron chi connectivity index (χ0n) is 14.2. The first kappa shape index (κ1) is 16.2. The Balaban J connectivity index is 1.53. The second kappa shape index (κ2) is 7.27. The Morgan fingerprint density at radius 2 is 1.50 bits per heavy atom. The zero-order valence-corrected chi connectivity index (χ0v) is 14.2. The monoisotopic (exact) mass is 304 g/mol. The number of Topliss-reactive ketones (excluding diaryl/α,β-unsaturated/α-hetero) is 2. The summed E-state index contributed by atoms with van der Waals surface area (Å²) in [7, 11) is 0. The maximum atomic E-state index is 12.2. The van der Waals surface area contributed by atoms with Crippen molar-refractivity contribution in [2.24, 2.45) is 29.6 Å². The quantitative estimate of drug-likeness (QED) is 0.493. The number of rotatable bonds is 7. The van der Waals surface area contributed by atoms with E-state index in [0.29, 0.717) is 11.8 Å². The molecule has 0 spiro atoms. The lowest BCUT2D eigenvalue weighted by Crippen LogP contribution is -2.39. The SMILES string of the molecule is CCCCCCCCC1CCC2C(=O)C(=O)C3CCCC1C32. The molecule has 0 aliphatic heterocycles. The van der Waals surface area contributed by atoms with Gasteiger partial charge < -0.3 is 0 Å². The Bertz CT molecular complexity index is 398. The second-order valence-electron chi connectivity index (χ2n) is 8.01. The maximum absolute atomic E-state index is 12.2. The van der Waals surface area contributed by atoms with E-state index in [1.165, 1.54) is 64.2 Å². The zero-order chi connectivity index (χ0) is 15.5. The van der Waals surface area contributed by atoms with Crippen molar-refractivity contribution in [3.05, 3.63) is 0 Å². The van der Waals surface area contributed by atoms with Gasteiger partial charge in [-0.1, -0.05) is 58.3 Å². The van der Waals surface area contributed by atoms with Crippen molar-refractivity contribution in [2.75, 3.05) is 0 Å². The minimum atomic E-state index is -0.0000781. The summed E-state index contributed by atoms with van der Waals surface area (Å²) in [5, 5.41) is 0. The molecular formula is C20H32O2. The van der Waals surface area contributed by atoms with Crippen LogP contribution in [-0.4, -0.2) is 11.6 Å². The average molecular weight is 304 g/mol. The Morgan fingerprint density at radius 3 is 2.27 bits per heavy atom. The molecular weight excluding hydrogens is 272 g/mol. The molecule has 0 aromatic carbocycles. The maximum Gasteiger partial charge on any atom is 0.202 e. The highest BCUT2D eigenvalue weighted by Gasteiger charge is 2.56. The van der Waals surface area contributed by atoms with E-state index in [9.17, 15) is 9.59 Å².